The number of hydrogen-bond acceptors (Lipinski definition) is 7. The molecular weight excluding hydrogens is 376 g/mol. The second kappa shape index (κ2) is 9.00. The Kier molecular flexibility index (Phi) is 6.42. The lowest BCUT2D eigenvalue weighted by atomic mass is 10.1. The number of likely N-dealkylation sites (N-methyl/N-ethyl adjacent to an activating group) is 1. The highest BCUT2D eigenvalue weighted by Crippen LogP contribution is 2.23. The molecule has 0 saturated heterocycles. The van der Waals surface area contributed by atoms with Crippen LogP contribution in [0.3, 0.4) is 0 Å². The molecule has 1 atom stereocenters. The lowest BCUT2D eigenvalue weighted by molar-refractivity contribution is 0.109. The van der Waals surface area contributed by atoms with E-state index in [9.17, 15) is 0 Å². The summed E-state index contributed by atoms with van der Waals surface area (Å²) < 4.78 is 6.07. The second-order valence-corrected chi connectivity index (χ2v) is 7.79. The number of aryl methyl sites for hydroxylation is 1. The third kappa shape index (κ3) is 4.99. The summed E-state index contributed by atoms with van der Waals surface area (Å²) in [7, 11) is 5.91. The van der Waals surface area contributed by atoms with E-state index >= 15 is 0 Å². The van der Waals surface area contributed by atoms with Crippen LogP contribution in [0, 0.1) is 6.92 Å². The van der Waals surface area contributed by atoms with Crippen molar-refractivity contribution in [3.63, 3.8) is 0 Å². The Bertz CT molecular complexity index is 970. The largest absolute Gasteiger partial charge is 0.444 e. The molecule has 3 rings (SSSR count). The number of benzene rings is 2. The van der Waals surface area contributed by atoms with E-state index in [1.54, 1.807) is 5.01 Å². The molecule has 7 heteroatoms. The highest BCUT2D eigenvalue weighted by molar-refractivity contribution is 5.99. The van der Waals surface area contributed by atoms with Crippen LogP contribution in [0.1, 0.15) is 29.2 Å². The number of rotatable bonds is 6. The minimum absolute atomic E-state index is 0.107. The topological polar surface area (TPSA) is 92.5 Å². The summed E-state index contributed by atoms with van der Waals surface area (Å²) in [5.41, 5.74) is 17.5. The molecule has 0 aliphatic carbocycles. The van der Waals surface area contributed by atoms with Gasteiger partial charge in [-0.05, 0) is 51.2 Å². The van der Waals surface area contributed by atoms with Gasteiger partial charge in [0.15, 0.2) is 0 Å². The van der Waals surface area contributed by atoms with Gasteiger partial charge in [-0.2, -0.15) is 0 Å². The molecule has 1 heterocycles. The molecule has 1 aliphatic heterocycles. The average Bonchev–Trinajstić information content (AvgIpc) is 3.07. The minimum atomic E-state index is -0.589. The second-order valence-electron chi connectivity index (χ2n) is 7.79. The summed E-state index contributed by atoms with van der Waals surface area (Å²) in [5, 5.41) is 6.18. The van der Waals surface area contributed by atoms with E-state index in [-0.39, 0.29) is 5.82 Å². The summed E-state index contributed by atoms with van der Waals surface area (Å²) in [4.78, 5) is 6.84. The summed E-state index contributed by atoms with van der Waals surface area (Å²) >= 11 is 0. The van der Waals surface area contributed by atoms with Crippen molar-refractivity contribution in [3.05, 3.63) is 82.3 Å². The van der Waals surface area contributed by atoms with Gasteiger partial charge in [-0.1, -0.05) is 42.0 Å². The predicted molar refractivity (Wildman–Crippen MR) is 122 cm³/mol. The van der Waals surface area contributed by atoms with E-state index in [1.807, 2.05) is 59.3 Å². The van der Waals surface area contributed by atoms with Gasteiger partial charge in [0.2, 0.25) is 12.1 Å². The van der Waals surface area contributed by atoms with Gasteiger partial charge < -0.3 is 21.1 Å². The molecule has 2 aromatic carbocycles. The van der Waals surface area contributed by atoms with Crippen LogP contribution in [0.5, 0.6) is 0 Å². The number of nitrogens with two attached hydrogens (primary N) is 2. The molecule has 0 saturated carbocycles. The van der Waals surface area contributed by atoms with Gasteiger partial charge in [0, 0.05) is 24.9 Å². The summed E-state index contributed by atoms with van der Waals surface area (Å²) in [6, 6.07) is 16.3. The Balaban J connectivity index is 1.81. The molecule has 0 aromatic heterocycles. The number of ether oxygens (including phenoxy) is 1. The van der Waals surface area contributed by atoms with Crippen LogP contribution in [-0.2, 0) is 11.3 Å². The Labute approximate surface area is 178 Å². The number of hydrogen-bond donors (Lipinski definition) is 2. The molecular formula is C23H30N6O. The third-order valence-corrected chi connectivity index (χ3v) is 4.80. The fourth-order valence-electron chi connectivity index (χ4n) is 3.18. The van der Waals surface area contributed by atoms with Crippen molar-refractivity contribution < 1.29 is 4.74 Å². The van der Waals surface area contributed by atoms with Gasteiger partial charge in [0.1, 0.15) is 11.5 Å². The van der Waals surface area contributed by atoms with Gasteiger partial charge in [-0.15, -0.1) is 5.10 Å². The summed E-state index contributed by atoms with van der Waals surface area (Å²) in [5.74, 6) is 0.623. The molecule has 30 heavy (non-hydrogen) atoms. The minimum Gasteiger partial charge on any atom is -0.444 e. The molecule has 0 radical (unpaired) electrons. The Hall–Kier alpha value is -3.32. The number of hydrazone groups is 1. The zero-order valence-electron chi connectivity index (χ0n) is 18.3. The zero-order chi connectivity index (χ0) is 21.8. The first-order valence-corrected chi connectivity index (χ1v) is 9.84. The molecule has 158 valence electrons. The highest BCUT2D eigenvalue weighted by atomic mass is 16.5. The molecule has 0 bridgehead atoms. The molecule has 1 aliphatic rings. The van der Waals surface area contributed by atoms with Crippen molar-refractivity contribution in [1.29, 1.82) is 0 Å². The molecule has 2 aromatic rings. The van der Waals surface area contributed by atoms with Gasteiger partial charge in [-0.3, -0.25) is 5.01 Å². The van der Waals surface area contributed by atoms with Crippen LogP contribution in [0.15, 0.2) is 70.1 Å². The van der Waals surface area contributed by atoms with Crippen LogP contribution < -0.4 is 11.5 Å². The first kappa shape index (κ1) is 21.4. The van der Waals surface area contributed by atoms with E-state index in [0.29, 0.717) is 11.6 Å². The molecule has 4 N–H and O–H groups in total. The van der Waals surface area contributed by atoms with Gasteiger partial charge in [0.05, 0.1) is 0 Å². The molecule has 0 fully saturated rings. The van der Waals surface area contributed by atoms with Gasteiger partial charge in [0.25, 0.3) is 0 Å². The standard InChI is InChI=1S/C23H30N6O/c1-15-6-10-19(11-7-15)22-27-29(5)23(30-22)20(21(24)25)26-16(2)18-12-8-17(9-13-18)14-28(3)4/h6-13,23H,14,24-25H2,1-5H3. The quantitative estimate of drug-likeness (QED) is 0.720. The smallest absolute Gasteiger partial charge is 0.240 e. The van der Waals surface area contributed by atoms with Crippen LogP contribution in [0.2, 0.25) is 0 Å². The zero-order valence-corrected chi connectivity index (χ0v) is 18.3. The first-order chi connectivity index (χ1) is 14.2. The SMILES string of the molecule is CC(=NC(=C(N)N)C1OC(c2ccc(C)cc2)=NN1C)c1ccc(CN(C)C)cc1. The Morgan fingerprint density at radius 3 is 2.30 bits per heavy atom. The Morgan fingerprint density at radius 2 is 1.73 bits per heavy atom. The normalized spacial score (nSPS) is 16.5. The van der Waals surface area contributed by atoms with Crippen LogP contribution in [0.25, 0.3) is 0 Å². The summed E-state index contributed by atoms with van der Waals surface area (Å²) in [6.07, 6.45) is -0.589. The van der Waals surface area contributed by atoms with Gasteiger partial charge in [-0.25, -0.2) is 4.99 Å². The van der Waals surface area contributed by atoms with Crippen molar-refractivity contribution in [2.24, 2.45) is 21.6 Å². The van der Waals surface area contributed by atoms with Crippen molar-refractivity contribution in [2.75, 3.05) is 21.1 Å². The first-order valence-electron chi connectivity index (χ1n) is 9.84. The molecule has 0 amide bonds. The lowest BCUT2D eigenvalue weighted by Crippen LogP contribution is -2.31. The maximum absolute atomic E-state index is 6.07. The van der Waals surface area contributed by atoms with Crippen LogP contribution in [-0.4, -0.2) is 48.9 Å². The maximum Gasteiger partial charge on any atom is 0.240 e. The maximum atomic E-state index is 6.07. The molecule has 1 unspecified atom stereocenters. The third-order valence-electron chi connectivity index (χ3n) is 4.80. The van der Waals surface area contributed by atoms with Crippen molar-refractivity contribution in [3.8, 4) is 0 Å². The van der Waals surface area contributed by atoms with Crippen molar-refractivity contribution >= 4 is 11.6 Å². The van der Waals surface area contributed by atoms with E-state index in [0.717, 1.165) is 23.4 Å². The average molecular weight is 407 g/mol. The molecule has 7 nitrogen and oxygen atoms in total. The van der Waals surface area contributed by atoms with Crippen LogP contribution >= 0.6 is 0 Å². The van der Waals surface area contributed by atoms with E-state index < -0.39 is 6.23 Å². The number of aliphatic imine (C=N–C) groups is 1. The fourth-order valence-corrected chi connectivity index (χ4v) is 3.18. The van der Waals surface area contributed by atoms with E-state index in [1.165, 1.54) is 11.1 Å². The highest BCUT2D eigenvalue weighted by Gasteiger charge is 2.31. The van der Waals surface area contributed by atoms with Crippen molar-refractivity contribution in [2.45, 2.75) is 26.6 Å². The van der Waals surface area contributed by atoms with Crippen LogP contribution in [0.4, 0.5) is 0 Å². The fraction of sp³-hybridized carbons (Fsp3) is 0.304. The van der Waals surface area contributed by atoms with Gasteiger partial charge >= 0.3 is 0 Å². The monoisotopic (exact) mass is 406 g/mol. The number of nitrogens with zero attached hydrogens (tertiary/aromatic N) is 4. The predicted octanol–water partition coefficient (Wildman–Crippen LogP) is 2.60. The molecule has 0 spiro atoms. The van der Waals surface area contributed by atoms with E-state index in [2.05, 4.69) is 34.3 Å². The Morgan fingerprint density at radius 1 is 1.10 bits per heavy atom. The van der Waals surface area contributed by atoms with Crippen molar-refractivity contribution in [1.82, 2.24) is 9.91 Å². The lowest BCUT2D eigenvalue weighted by Gasteiger charge is -2.20. The van der Waals surface area contributed by atoms with E-state index in [4.69, 9.17) is 21.2 Å². The summed E-state index contributed by atoms with van der Waals surface area (Å²) in [6.45, 7) is 4.86.